The number of phenolic OH excluding ortho intramolecular Hbond substituents is 3. The minimum absolute atomic E-state index is 0.00567. The second-order valence-corrected chi connectivity index (χ2v) is 6.87. The van der Waals surface area contributed by atoms with Gasteiger partial charge in [0.2, 0.25) is 0 Å². The van der Waals surface area contributed by atoms with Crippen LogP contribution in [0.15, 0.2) is 30.3 Å². The van der Waals surface area contributed by atoms with Crippen LogP contribution >= 0.6 is 0 Å². The van der Waals surface area contributed by atoms with Crippen molar-refractivity contribution in [2.75, 3.05) is 6.54 Å². The Morgan fingerprint density at radius 3 is 2.52 bits per heavy atom. The summed E-state index contributed by atoms with van der Waals surface area (Å²) >= 11 is 0. The predicted octanol–water partition coefficient (Wildman–Crippen LogP) is 3.68. The first kappa shape index (κ1) is 16.1. The number of phenols is 3. The minimum atomic E-state index is -0.148. The zero-order chi connectivity index (χ0) is 17.4. The Morgan fingerprint density at radius 1 is 1.00 bits per heavy atom. The van der Waals surface area contributed by atoms with E-state index in [0.29, 0.717) is 17.7 Å². The molecular formula is C20H23NO4. The fourth-order valence-corrected chi connectivity index (χ4v) is 3.89. The van der Waals surface area contributed by atoms with E-state index in [9.17, 15) is 15.3 Å². The van der Waals surface area contributed by atoms with Crippen LogP contribution in [0.25, 0.3) is 0 Å². The highest BCUT2D eigenvalue weighted by Crippen LogP contribution is 2.47. The monoisotopic (exact) mass is 341 g/mol. The largest absolute Gasteiger partial charge is 0.508 e. The Labute approximate surface area is 146 Å². The van der Waals surface area contributed by atoms with Gasteiger partial charge in [-0.25, -0.2) is 0 Å². The molecule has 0 amide bonds. The molecule has 2 aromatic carbocycles. The number of hydrogen-bond acceptors (Lipinski definition) is 5. The molecule has 0 aliphatic carbocycles. The number of piperidine rings is 1. The molecule has 4 N–H and O–H groups in total. The van der Waals surface area contributed by atoms with E-state index in [0.717, 1.165) is 43.4 Å². The van der Waals surface area contributed by atoms with Crippen molar-refractivity contribution < 1.29 is 20.1 Å². The van der Waals surface area contributed by atoms with Crippen LogP contribution in [-0.2, 0) is 6.42 Å². The van der Waals surface area contributed by atoms with Crippen molar-refractivity contribution in [3.63, 3.8) is 0 Å². The third-order valence-corrected chi connectivity index (χ3v) is 5.23. The molecule has 25 heavy (non-hydrogen) atoms. The SMILES string of the molecule is Oc1ccc(C2CCc3c(cc(O)c(C4CCCCN4)c3O)O2)cc1. The van der Waals surface area contributed by atoms with Crippen LogP contribution in [0, 0.1) is 0 Å². The van der Waals surface area contributed by atoms with Gasteiger partial charge in [0.25, 0.3) is 0 Å². The average molecular weight is 341 g/mol. The van der Waals surface area contributed by atoms with Gasteiger partial charge in [-0.1, -0.05) is 18.6 Å². The molecule has 0 bridgehead atoms. The molecule has 5 heteroatoms. The van der Waals surface area contributed by atoms with E-state index in [2.05, 4.69) is 5.32 Å². The molecule has 0 saturated carbocycles. The number of benzene rings is 2. The van der Waals surface area contributed by atoms with E-state index in [1.54, 1.807) is 18.2 Å². The molecule has 0 radical (unpaired) electrons. The average Bonchev–Trinajstić information content (AvgIpc) is 2.63. The van der Waals surface area contributed by atoms with Crippen molar-refractivity contribution >= 4 is 0 Å². The zero-order valence-electron chi connectivity index (χ0n) is 14.0. The first-order chi connectivity index (χ1) is 12.1. The predicted molar refractivity (Wildman–Crippen MR) is 94.2 cm³/mol. The molecule has 0 aromatic heterocycles. The number of fused-ring (bicyclic) bond motifs is 1. The maximum Gasteiger partial charge on any atom is 0.130 e. The lowest BCUT2D eigenvalue weighted by Gasteiger charge is -2.30. The normalized spacial score (nSPS) is 22.9. The molecule has 1 fully saturated rings. The van der Waals surface area contributed by atoms with Crippen molar-refractivity contribution in [2.45, 2.75) is 44.2 Å². The summed E-state index contributed by atoms with van der Waals surface area (Å²) in [6.45, 7) is 0.903. The molecule has 2 heterocycles. The Balaban J connectivity index is 1.64. The molecule has 1 saturated heterocycles. The summed E-state index contributed by atoms with van der Waals surface area (Å²) in [5.74, 6) is 1.01. The van der Waals surface area contributed by atoms with Gasteiger partial charge in [0, 0.05) is 17.7 Å². The van der Waals surface area contributed by atoms with Crippen molar-refractivity contribution in [1.29, 1.82) is 0 Å². The molecule has 2 aliphatic heterocycles. The Morgan fingerprint density at radius 2 is 1.80 bits per heavy atom. The summed E-state index contributed by atoms with van der Waals surface area (Å²) in [5, 5.41) is 34.0. The molecule has 0 spiro atoms. The number of hydrogen-bond donors (Lipinski definition) is 4. The van der Waals surface area contributed by atoms with E-state index in [4.69, 9.17) is 4.74 Å². The van der Waals surface area contributed by atoms with Crippen molar-refractivity contribution in [3.8, 4) is 23.0 Å². The molecule has 4 rings (SSSR count). The van der Waals surface area contributed by atoms with Crippen molar-refractivity contribution in [1.82, 2.24) is 5.32 Å². The van der Waals surface area contributed by atoms with Gasteiger partial charge in [0.1, 0.15) is 29.1 Å². The minimum Gasteiger partial charge on any atom is -0.508 e. The molecule has 2 atom stereocenters. The second-order valence-electron chi connectivity index (χ2n) is 6.87. The number of aromatic hydroxyl groups is 3. The number of rotatable bonds is 2. The highest BCUT2D eigenvalue weighted by Gasteiger charge is 2.30. The first-order valence-electron chi connectivity index (χ1n) is 8.90. The van der Waals surface area contributed by atoms with E-state index in [1.807, 2.05) is 12.1 Å². The van der Waals surface area contributed by atoms with Crippen LogP contribution in [0.3, 0.4) is 0 Å². The lowest BCUT2D eigenvalue weighted by Crippen LogP contribution is -2.27. The van der Waals surface area contributed by atoms with E-state index in [-0.39, 0.29) is 29.4 Å². The molecule has 2 aromatic rings. The standard InChI is InChI=1S/C20H23NO4/c22-13-6-4-12(5-7-13)17-9-8-14-18(25-17)11-16(23)19(20(14)24)15-3-1-2-10-21-15/h4-7,11,15,17,21-24H,1-3,8-10H2. The summed E-state index contributed by atoms with van der Waals surface area (Å²) in [6, 6.07) is 8.58. The fourth-order valence-electron chi connectivity index (χ4n) is 3.89. The molecule has 2 unspecified atom stereocenters. The third kappa shape index (κ3) is 3.00. The number of ether oxygens (including phenoxy) is 1. The summed E-state index contributed by atoms with van der Waals surface area (Å²) < 4.78 is 6.04. The van der Waals surface area contributed by atoms with Crippen LogP contribution in [0.5, 0.6) is 23.0 Å². The summed E-state index contributed by atoms with van der Waals surface area (Å²) in [5.41, 5.74) is 2.35. The van der Waals surface area contributed by atoms with E-state index < -0.39 is 0 Å². The van der Waals surface area contributed by atoms with E-state index >= 15 is 0 Å². The summed E-state index contributed by atoms with van der Waals surface area (Å²) in [7, 11) is 0. The zero-order valence-corrected chi connectivity index (χ0v) is 14.0. The lowest BCUT2D eigenvalue weighted by atomic mass is 9.90. The van der Waals surface area contributed by atoms with Gasteiger partial charge < -0.3 is 25.4 Å². The number of nitrogens with one attached hydrogen (secondary N) is 1. The van der Waals surface area contributed by atoms with Crippen molar-refractivity contribution in [2.24, 2.45) is 0 Å². The third-order valence-electron chi connectivity index (χ3n) is 5.23. The van der Waals surface area contributed by atoms with Gasteiger partial charge in [0.15, 0.2) is 0 Å². The van der Waals surface area contributed by atoms with Crippen molar-refractivity contribution in [3.05, 3.63) is 47.0 Å². The molecule has 2 aliphatic rings. The second kappa shape index (κ2) is 6.48. The van der Waals surface area contributed by atoms with Crippen LogP contribution in [-0.4, -0.2) is 21.9 Å². The highest BCUT2D eigenvalue weighted by atomic mass is 16.5. The Bertz CT molecular complexity index is 766. The molecule has 132 valence electrons. The lowest BCUT2D eigenvalue weighted by molar-refractivity contribution is 0.173. The quantitative estimate of drug-likeness (QED) is 0.670. The maximum absolute atomic E-state index is 10.7. The van der Waals surface area contributed by atoms with Gasteiger partial charge in [0.05, 0.1) is 5.56 Å². The molecular weight excluding hydrogens is 318 g/mol. The van der Waals surface area contributed by atoms with Gasteiger partial charge in [-0.2, -0.15) is 0 Å². The highest BCUT2D eigenvalue weighted by molar-refractivity contribution is 5.58. The Hall–Kier alpha value is -2.40. The fraction of sp³-hybridized carbons (Fsp3) is 0.400. The van der Waals surface area contributed by atoms with E-state index in [1.165, 1.54) is 0 Å². The van der Waals surface area contributed by atoms with Gasteiger partial charge >= 0.3 is 0 Å². The van der Waals surface area contributed by atoms with Gasteiger partial charge in [-0.15, -0.1) is 0 Å². The van der Waals surface area contributed by atoms with Crippen LogP contribution in [0.4, 0.5) is 0 Å². The summed E-state index contributed by atoms with van der Waals surface area (Å²) in [4.78, 5) is 0. The van der Waals surface area contributed by atoms with Crippen LogP contribution in [0.2, 0.25) is 0 Å². The first-order valence-corrected chi connectivity index (χ1v) is 8.90. The van der Waals surface area contributed by atoms with Gasteiger partial charge in [-0.3, -0.25) is 0 Å². The maximum atomic E-state index is 10.7. The topological polar surface area (TPSA) is 82.0 Å². The van der Waals surface area contributed by atoms with Crippen LogP contribution in [0.1, 0.15) is 54.5 Å². The van der Waals surface area contributed by atoms with Gasteiger partial charge in [-0.05, 0) is 49.9 Å². The molecule has 5 nitrogen and oxygen atoms in total. The Kier molecular flexibility index (Phi) is 4.17. The van der Waals surface area contributed by atoms with Crippen LogP contribution < -0.4 is 10.1 Å². The summed E-state index contributed by atoms with van der Waals surface area (Å²) in [6.07, 6.45) is 4.41. The smallest absolute Gasteiger partial charge is 0.130 e.